The van der Waals surface area contributed by atoms with Gasteiger partial charge in [-0.1, -0.05) is 0 Å². The summed E-state index contributed by atoms with van der Waals surface area (Å²) in [7, 11) is 0. The van der Waals surface area contributed by atoms with E-state index in [0.717, 1.165) is 13.1 Å². The number of piperidine rings is 1. The van der Waals surface area contributed by atoms with Gasteiger partial charge in [-0.15, -0.1) is 12.4 Å². The normalized spacial score (nSPS) is 35.4. The van der Waals surface area contributed by atoms with Crippen molar-refractivity contribution in [1.29, 1.82) is 0 Å². The van der Waals surface area contributed by atoms with E-state index in [1.165, 1.54) is 0 Å². The van der Waals surface area contributed by atoms with Gasteiger partial charge >= 0.3 is 0 Å². The fourth-order valence-corrected chi connectivity index (χ4v) is 2.17. The predicted octanol–water partition coefficient (Wildman–Crippen LogP) is -0.629. The number of aliphatic hydroxyl groups excluding tert-OH is 1. The maximum atomic E-state index is 11.5. The van der Waals surface area contributed by atoms with Crippen LogP contribution < -0.4 is 10.6 Å². The summed E-state index contributed by atoms with van der Waals surface area (Å²) >= 11 is 0. The smallest absolute Gasteiger partial charge is 0.223 e. The standard InChI is InChI=1S/C9H16N2O2.ClH/c1-5(12)2-11-9(13)8-6-3-10-4-7(6)8;/h5-8,10,12H,2-4H2,1H3,(H,11,13);1H/t5-,6-,7+,8?;/m1./s1. The first kappa shape index (κ1) is 11.8. The Hall–Kier alpha value is -0.320. The number of carbonyl (C=O) groups excluding carboxylic acids is 1. The zero-order chi connectivity index (χ0) is 9.42. The van der Waals surface area contributed by atoms with Crippen LogP contribution in [0.5, 0.6) is 0 Å². The molecule has 0 aromatic carbocycles. The zero-order valence-corrected chi connectivity index (χ0v) is 9.01. The minimum Gasteiger partial charge on any atom is -0.392 e. The lowest BCUT2D eigenvalue weighted by atomic mass is 10.2. The van der Waals surface area contributed by atoms with Gasteiger partial charge in [0.25, 0.3) is 0 Å². The maximum absolute atomic E-state index is 11.5. The van der Waals surface area contributed by atoms with Crippen molar-refractivity contribution in [2.24, 2.45) is 17.8 Å². The lowest BCUT2D eigenvalue weighted by Crippen LogP contribution is -2.34. The molecule has 82 valence electrons. The van der Waals surface area contributed by atoms with Crippen LogP contribution in [-0.4, -0.2) is 36.8 Å². The number of fused-ring (bicyclic) bond motifs is 1. The average Bonchev–Trinajstić information content (AvgIpc) is 2.56. The second kappa shape index (κ2) is 4.47. The summed E-state index contributed by atoms with van der Waals surface area (Å²) in [5, 5.41) is 15.0. The van der Waals surface area contributed by atoms with Crippen LogP contribution in [0.1, 0.15) is 6.92 Å². The quantitative estimate of drug-likeness (QED) is 0.594. The molecule has 1 saturated heterocycles. The van der Waals surface area contributed by atoms with Crippen LogP contribution >= 0.6 is 12.4 Å². The molecule has 2 aliphatic rings. The Morgan fingerprint density at radius 3 is 2.64 bits per heavy atom. The molecule has 14 heavy (non-hydrogen) atoms. The van der Waals surface area contributed by atoms with Crippen LogP contribution in [0.2, 0.25) is 0 Å². The van der Waals surface area contributed by atoms with Crippen molar-refractivity contribution in [2.45, 2.75) is 13.0 Å². The van der Waals surface area contributed by atoms with E-state index in [1.54, 1.807) is 6.92 Å². The van der Waals surface area contributed by atoms with Gasteiger partial charge in [-0.2, -0.15) is 0 Å². The molecule has 0 aromatic heterocycles. The van der Waals surface area contributed by atoms with Crippen LogP contribution in [0.25, 0.3) is 0 Å². The molecule has 1 heterocycles. The molecule has 2 fully saturated rings. The van der Waals surface area contributed by atoms with Crippen molar-refractivity contribution in [2.75, 3.05) is 19.6 Å². The number of hydrogen-bond donors (Lipinski definition) is 3. The van der Waals surface area contributed by atoms with Crippen LogP contribution in [0.4, 0.5) is 0 Å². The SMILES string of the molecule is C[C@@H](O)CNC(=O)C1[C@H]2CNC[C@@H]12.Cl. The van der Waals surface area contributed by atoms with Gasteiger partial charge in [-0.25, -0.2) is 0 Å². The summed E-state index contributed by atoms with van der Waals surface area (Å²) in [5.74, 6) is 1.47. The predicted molar refractivity (Wildman–Crippen MR) is 55.3 cm³/mol. The summed E-state index contributed by atoms with van der Waals surface area (Å²) in [5.41, 5.74) is 0. The Bertz CT molecular complexity index is 213. The van der Waals surface area contributed by atoms with E-state index in [2.05, 4.69) is 10.6 Å². The van der Waals surface area contributed by atoms with Gasteiger partial charge in [0, 0.05) is 12.5 Å². The number of amides is 1. The van der Waals surface area contributed by atoms with Crippen molar-refractivity contribution in [1.82, 2.24) is 10.6 Å². The van der Waals surface area contributed by atoms with Crippen LogP contribution in [0.15, 0.2) is 0 Å². The average molecular weight is 221 g/mol. The first-order valence-corrected chi connectivity index (χ1v) is 4.86. The number of carbonyl (C=O) groups is 1. The molecule has 5 heteroatoms. The van der Waals surface area contributed by atoms with Gasteiger partial charge in [0.15, 0.2) is 0 Å². The largest absolute Gasteiger partial charge is 0.392 e. The summed E-state index contributed by atoms with van der Waals surface area (Å²) in [6.45, 7) is 4.02. The topological polar surface area (TPSA) is 61.4 Å². The number of rotatable bonds is 3. The maximum Gasteiger partial charge on any atom is 0.223 e. The van der Waals surface area contributed by atoms with E-state index < -0.39 is 6.10 Å². The first-order chi connectivity index (χ1) is 6.20. The molecule has 1 aliphatic carbocycles. The third-order valence-corrected chi connectivity index (χ3v) is 2.97. The molecule has 1 aliphatic heterocycles. The van der Waals surface area contributed by atoms with Gasteiger partial charge < -0.3 is 15.7 Å². The lowest BCUT2D eigenvalue weighted by molar-refractivity contribution is -0.123. The van der Waals surface area contributed by atoms with Crippen LogP contribution in [0, 0.1) is 17.8 Å². The van der Waals surface area contributed by atoms with Crippen LogP contribution in [-0.2, 0) is 4.79 Å². The second-order valence-corrected chi connectivity index (χ2v) is 4.11. The van der Waals surface area contributed by atoms with Crippen molar-refractivity contribution < 1.29 is 9.90 Å². The van der Waals surface area contributed by atoms with Crippen molar-refractivity contribution in [3.05, 3.63) is 0 Å². The van der Waals surface area contributed by atoms with Crippen LogP contribution in [0.3, 0.4) is 0 Å². The van der Waals surface area contributed by atoms with Gasteiger partial charge in [-0.3, -0.25) is 4.79 Å². The third kappa shape index (κ3) is 2.19. The van der Waals surface area contributed by atoms with E-state index in [-0.39, 0.29) is 24.2 Å². The van der Waals surface area contributed by atoms with E-state index in [1.807, 2.05) is 0 Å². The molecule has 4 atom stereocenters. The molecule has 4 nitrogen and oxygen atoms in total. The zero-order valence-electron chi connectivity index (χ0n) is 8.19. The second-order valence-electron chi connectivity index (χ2n) is 4.11. The highest BCUT2D eigenvalue weighted by molar-refractivity contribution is 5.85. The van der Waals surface area contributed by atoms with Crippen molar-refractivity contribution in [3.8, 4) is 0 Å². The van der Waals surface area contributed by atoms with Crippen molar-refractivity contribution >= 4 is 18.3 Å². The number of halogens is 1. The van der Waals surface area contributed by atoms with E-state index in [9.17, 15) is 4.79 Å². The highest BCUT2D eigenvalue weighted by Crippen LogP contribution is 2.48. The monoisotopic (exact) mass is 220 g/mol. The molecule has 1 amide bonds. The lowest BCUT2D eigenvalue weighted by Gasteiger charge is -2.08. The molecule has 0 radical (unpaired) electrons. The summed E-state index contributed by atoms with van der Waals surface area (Å²) < 4.78 is 0. The molecular weight excluding hydrogens is 204 g/mol. The Balaban J connectivity index is 0.000000980. The molecule has 2 rings (SSSR count). The van der Waals surface area contributed by atoms with Gasteiger partial charge in [0.1, 0.15) is 0 Å². The van der Waals surface area contributed by atoms with Gasteiger partial charge in [-0.05, 0) is 31.8 Å². The van der Waals surface area contributed by atoms with E-state index in [0.29, 0.717) is 18.4 Å². The summed E-state index contributed by atoms with van der Waals surface area (Å²) in [6.07, 6.45) is -0.444. The summed E-state index contributed by atoms with van der Waals surface area (Å²) in [4.78, 5) is 11.5. The first-order valence-electron chi connectivity index (χ1n) is 4.86. The Labute approximate surface area is 89.9 Å². The number of nitrogens with one attached hydrogen (secondary N) is 2. The molecule has 0 spiro atoms. The van der Waals surface area contributed by atoms with Gasteiger partial charge in [0.05, 0.1) is 6.10 Å². The minimum absolute atomic E-state index is 0. The fourth-order valence-electron chi connectivity index (χ4n) is 2.17. The molecule has 1 unspecified atom stereocenters. The highest BCUT2D eigenvalue weighted by atomic mass is 35.5. The Kier molecular flexibility index (Phi) is 3.75. The van der Waals surface area contributed by atoms with E-state index in [4.69, 9.17) is 5.11 Å². The number of hydrogen-bond acceptors (Lipinski definition) is 3. The molecule has 1 saturated carbocycles. The minimum atomic E-state index is -0.444. The van der Waals surface area contributed by atoms with Crippen molar-refractivity contribution in [3.63, 3.8) is 0 Å². The highest BCUT2D eigenvalue weighted by Gasteiger charge is 2.56. The number of aliphatic hydroxyl groups is 1. The van der Waals surface area contributed by atoms with E-state index >= 15 is 0 Å². The fraction of sp³-hybridized carbons (Fsp3) is 0.889. The Morgan fingerprint density at radius 1 is 1.57 bits per heavy atom. The molecule has 3 N–H and O–H groups in total. The molecular formula is C9H17ClN2O2. The summed E-state index contributed by atoms with van der Waals surface area (Å²) in [6, 6.07) is 0. The Morgan fingerprint density at radius 2 is 2.14 bits per heavy atom. The molecule has 0 aromatic rings. The molecule has 0 bridgehead atoms. The third-order valence-electron chi connectivity index (χ3n) is 2.97. The van der Waals surface area contributed by atoms with Gasteiger partial charge in [0.2, 0.25) is 5.91 Å².